The predicted octanol–water partition coefficient (Wildman–Crippen LogP) is 2.04. The number of thiophene rings is 1. The maximum Gasteiger partial charge on any atom is 0.264 e. The van der Waals surface area contributed by atoms with E-state index in [1.807, 2.05) is 46.7 Å². The Bertz CT molecular complexity index is 728. The molecular formula is C20H25N3O3S. The number of piperazine rings is 1. The number of ether oxygens (including phenoxy) is 1. The Hall–Kier alpha value is -2.38. The molecule has 0 spiro atoms. The highest BCUT2D eigenvalue weighted by atomic mass is 32.1. The van der Waals surface area contributed by atoms with E-state index in [0.717, 1.165) is 25.4 Å². The first-order valence-corrected chi connectivity index (χ1v) is 9.98. The van der Waals surface area contributed by atoms with Crippen LogP contribution in [0.2, 0.25) is 0 Å². The fraction of sp³-hybridized carbons (Fsp3) is 0.400. The second kappa shape index (κ2) is 9.53. The standard InChI is InChI=1S/C20H25N3O3S/c1-21(20(25)18-8-5-15-27-18)16-19(24)23-11-9-22(10-12-23)13-14-26-17-6-3-2-4-7-17/h2-8,15H,9-14,16H2,1H3. The first-order chi connectivity index (χ1) is 13.1. The van der Waals surface area contributed by atoms with E-state index in [1.54, 1.807) is 13.1 Å². The van der Waals surface area contributed by atoms with Crippen LogP contribution < -0.4 is 4.74 Å². The van der Waals surface area contributed by atoms with E-state index in [0.29, 0.717) is 24.6 Å². The molecule has 1 aromatic heterocycles. The van der Waals surface area contributed by atoms with Crippen molar-refractivity contribution in [2.75, 3.05) is 52.9 Å². The van der Waals surface area contributed by atoms with Crippen LogP contribution in [0.1, 0.15) is 9.67 Å². The molecule has 2 aromatic rings. The normalized spacial score (nSPS) is 14.8. The van der Waals surface area contributed by atoms with Crippen molar-refractivity contribution in [1.82, 2.24) is 14.7 Å². The molecule has 0 bridgehead atoms. The molecule has 1 aliphatic rings. The minimum Gasteiger partial charge on any atom is -0.492 e. The van der Waals surface area contributed by atoms with Crippen molar-refractivity contribution < 1.29 is 14.3 Å². The number of amides is 2. The highest BCUT2D eigenvalue weighted by molar-refractivity contribution is 7.12. The van der Waals surface area contributed by atoms with Gasteiger partial charge in [0.2, 0.25) is 5.91 Å². The van der Waals surface area contributed by atoms with E-state index in [-0.39, 0.29) is 18.4 Å². The van der Waals surface area contributed by atoms with Gasteiger partial charge in [0.05, 0.1) is 11.4 Å². The second-order valence-electron chi connectivity index (χ2n) is 6.52. The van der Waals surface area contributed by atoms with E-state index < -0.39 is 0 Å². The Morgan fingerprint density at radius 3 is 2.48 bits per heavy atom. The zero-order chi connectivity index (χ0) is 19.1. The molecule has 2 amide bonds. The monoisotopic (exact) mass is 387 g/mol. The van der Waals surface area contributed by atoms with Crippen LogP contribution in [0, 0.1) is 0 Å². The van der Waals surface area contributed by atoms with E-state index in [4.69, 9.17) is 4.74 Å². The van der Waals surface area contributed by atoms with Crippen LogP contribution >= 0.6 is 11.3 Å². The smallest absolute Gasteiger partial charge is 0.264 e. The van der Waals surface area contributed by atoms with Crippen molar-refractivity contribution in [1.29, 1.82) is 0 Å². The molecular weight excluding hydrogens is 362 g/mol. The van der Waals surface area contributed by atoms with Crippen LogP contribution in [-0.2, 0) is 4.79 Å². The molecule has 1 aliphatic heterocycles. The number of nitrogens with zero attached hydrogens (tertiary/aromatic N) is 3. The molecule has 6 nitrogen and oxygen atoms in total. The van der Waals surface area contributed by atoms with Crippen molar-refractivity contribution in [3.63, 3.8) is 0 Å². The molecule has 1 fully saturated rings. The van der Waals surface area contributed by atoms with Gasteiger partial charge in [-0.05, 0) is 23.6 Å². The lowest BCUT2D eigenvalue weighted by Crippen LogP contribution is -2.51. The Balaban J connectivity index is 1.37. The number of likely N-dealkylation sites (N-methyl/N-ethyl adjacent to an activating group) is 1. The topological polar surface area (TPSA) is 53.1 Å². The van der Waals surface area contributed by atoms with Gasteiger partial charge < -0.3 is 14.5 Å². The van der Waals surface area contributed by atoms with Gasteiger partial charge in [-0.15, -0.1) is 11.3 Å². The fourth-order valence-electron chi connectivity index (χ4n) is 2.99. The molecule has 1 saturated heterocycles. The molecule has 7 heteroatoms. The zero-order valence-corrected chi connectivity index (χ0v) is 16.4. The van der Waals surface area contributed by atoms with Crippen LogP contribution in [-0.4, -0.2) is 79.4 Å². The molecule has 3 rings (SSSR count). The molecule has 27 heavy (non-hydrogen) atoms. The SMILES string of the molecule is CN(CC(=O)N1CCN(CCOc2ccccc2)CC1)C(=O)c1cccs1. The lowest BCUT2D eigenvalue weighted by Gasteiger charge is -2.35. The number of carbonyl (C=O) groups excluding carboxylic acids is 2. The summed E-state index contributed by atoms with van der Waals surface area (Å²) in [7, 11) is 1.68. The highest BCUT2D eigenvalue weighted by Gasteiger charge is 2.23. The van der Waals surface area contributed by atoms with Crippen molar-refractivity contribution in [3.8, 4) is 5.75 Å². The molecule has 0 aliphatic carbocycles. The summed E-state index contributed by atoms with van der Waals surface area (Å²) < 4.78 is 5.73. The van der Waals surface area contributed by atoms with Crippen molar-refractivity contribution >= 4 is 23.2 Å². The number of carbonyl (C=O) groups is 2. The molecule has 0 atom stereocenters. The van der Waals surface area contributed by atoms with Gasteiger partial charge in [-0.25, -0.2) is 0 Å². The predicted molar refractivity (Wildman–Crippen MR) is 106 cm³/mol. The van der Waals surface area contributed by atoms with Gasteiger partial charge in [0.25, 0.3) is 5.91 Å². The van der Waals surface area contributed by atoms with Crippen LogP contribution in [0.25, 0.3) is 0 Å². The molecule has 1 aromatic carbocycles. The van der Waals surface area contributed by atoms with Crippen LogP contribution in [0.15, 0.2) is 47.8 Å². The van der Waals surface area contributed by atoms with E-state index in [1.165, 1.54) is 16.2 Å². The minimum absolute atomic E-state index is 0.00240. The maximum absolute atomic E-state index is 12.5. The van der Waals surface area contributed by atoms with Gasteiger partial charge in [-0.2, -0.15) is 0 Å². The molecule has 0 unspecified atom stereocenters. The zero-order valence-electron chi connectivity index (χ0n) is 15.5. The molecule has 0 N–H and O–H groups in total. The number of hydrogen-bond donors (Lipinski definition) is 0. The first-order valence-electron chi connectivity index (χ1n) is 9.10. The quantitative estimate of drug-likeness (QED) is 0.730. The lowest BCUT2D eigenvalue weighted by atomic mass is 10.3. The average Bonchev–Trinajstić information content (AvgIpc) is 3.23. The summed E-state index contributed by atoms with van der Waals surface area (Å²) in [5, 5.41) is 1.86. The van der Waals surface area contributed by atoms with E-state index >= 15 is 0 Å². The van der Waals surface area contributed by atoms with Crippen molar-refractivity contribution in [2.24, 2.45) is 0 Å². The van der Waals surface area contributed by atoms with Gasteiger partial charge in [0.15, 0.2) is 0 Å². The largest absolute Gasteiger partial charge is 0.492 e. The third kappa shape index (κ3) is 5.55. The second-order valence-corrected chi connectivity index (χ2v) is 7.47. The minimum atomic E-state index is -0.102. The third-order valence-corrected chi connectivity index (χ3v) is 5.45. The Morgan fingerprint density at radius 1 is 1.07 bits per heavy atom. The lowest BCUT2D eigenvalue weighted by molar-refractivity contribution is -0.133. The van der Waals surface area contributed by atoms with Crippen LogP contribution in [0.5, 0.6) is 5.75 Å². The van der Waals surface area contributed by atoms with Crippen LogP contribution in [0.4, 0.5) is 0 Å². The Kier molecular flexibility index (Phi) is 6.84. The van der Waals surface area contributed by atoms with Crippen LogP contribution in [0.3, 0.4) is 0 Å². The molecule has 2 heterocycles. The average molecular weight is 388 g/mol. The Morgan fingerprint density at radius 2 is 1.81 bits per heavy atom. The molecule has 0 saturated carbocycles. The summed E-state index contributed by atoms with van der Waals surface area (Å²) in [5.41, 5.74) is 0. The number of benzene rings is 1. The van der Waals surface area contributed by atoms with Gasteiger partial charge in [-0.3, -0.25) is 14.5 Å². The Labute approximate surface area is 163 Å². The summed E-state index contributed by atoms with van der Waals surface area (Å²) in [6.45, 7) is 4.62. The summed E-state index contributed by atoms with van der Waals surface area (Å²) in [6.07, 6.45) is 0. The van der Waals surface area contributed by atoms with Gasteiger partial charge >= 0.3 is 0 Å². The molecule has 144 valence electrons. The van der Waals surface area contributed by atoms with Crippen molar-refractivity contribution in [2.45, 2.75) is 0 Å². The van der Waals surface area contributed by atoms with E-state index in [2.05, 4.69) is 4.90 Å². The van der Waals surface area contributed by atoms with Gasteiger partial charge in [0, 0.05) is 39.8 Å². The van der Waals surface area contributed by atoms with Gasteiger partial charge in [0.1, 0.15) is 12.4 Å². The summed E-state index contributed by atoms with van der Waals surface area (Å²) in [4.78, 5) is 31.0. The number of hydrogen-bond acceptors (Lipinski definition) is 5. The molecule has 0 radical (unpaired) electrons. The fourth-order valence-corrected chi connectivity index (χ4v) is 3.71. The maximum atomic E-state index is 12.5. The van der Waals surface area contributed by atoms with Gasteiger partial charge in [-0.1, -0.05) is 24.3 Å². The number of rotatable bonds is 7. The first kappa shape index (κ1) is 19.4. The summed E-state index contributed by atoms with van der Waals surface area (Å²) >= 11 is 1.39. The summed E-state index contributed by atoms with van der Waals surface area (Å²) in [6, 6.07) is 13.4. The highest BCUT2D eigenvalue weighted by Crippen LogP contribution is 2.12. The summed E-state index contributed by atoms with van der Waals surface area (Å²) in [5.74, 6) is 0.780. The number of para-hydroxylation sites is 1. The third-order valence-electron chi connectivity index (χ3n) is 4.60. The van der Waals surface area contributed by atoms with Crippen molar-refractivity contribution in [3.05, 3.63) is 52.7 Å². The van der Waals surface area contributed by atoms with E-state index in [9.17, 15) is 9.59 Å².